The summed E-state index contributed by atoms with van der Waals surface area (Å²) in [4.78, 5) is 20.5. The molecular formula is C19H24FN5O. The summed E-state index contributed by atoms with van der Waals surface area (Å²) >= 11 is 0. The first-order valence-corrected chi connectivity index (χ1v) is 8.83. The number of amides is 1. The maximum atomic E-state index is 13.3. The van der Waals surface area contributed by atoms with Crippen LogP contribution in [0.25, 0.3) is 0 Å². The third kappa shape index (κ3) is 4.16. The van der Waals surface area contributed by atoms with E-state index in [1.165, 1.54) is 17.8 Å². The molecule has 2 aromatic rings. The number of aromatic nitrogens is 3. The smallest absolute Gasteiger partial charge is 0.255 e. The highest BCUT2D eigenvalue weighted by Gasteiger charge is 2.21. The van der Waals surface area contributed by atoms with Gasteiger partial charge in [-0.05, 0) is 19.4 Å². The first kappa shape index (κ1) is 18.3. The van der Waals surface area contributed by atoms with Crippen LogP contribution in [0.1, 0.15) is 28.0 Å². The number of allylic oxidation sites excluding steroid dienone is 1. The van der Waals surface area contributed by atoms with Gasteiger partial charge in [-0.1, -0.05) is 6.08 Å². The molecule has 6 nitrogen and oxygen atoms in total. The van der Waals surface area contributed by atoms with Gasteiger partial charge in [0.25, 0.3) is 5.91 Å². The summed E-state index contributed by atoms with van der Waals surface area (Å²) in [6, 6.07) is 1.25. The maximum Gasteiger partial charge on any atom is 0.255 e. The summed E-state index contributed by atoms with van der Waals surface area (Å²) < 4.78 is 15.3. The number of carbonyl (C=O) groups is 1. The second kappa shape index (κ2) is 8.23. The van der Waals surface area contributed by atoms with Gasteiger partial charge >= 0.3 is 0 Å². The molecule has 3 heterocycles. The van der Waals surface area contributed by atoms with Crippen molar-refractivity contribution in [2.75, 3.05) is 26.2 Å². The van der Waals surface area contributed by atoms with Gasteiger partial charge in [0.2, 0.25) is 0 Å². The van der Waals surface area contributed by atoms with Crippen molar-refractivity contribution in [3.05, 3.63) is 59.9 Å². The van der Waals surface area contributed by atoms with Crippen LogP contribution in [0.5, 0.6) is 0 Å². The fraction of sp³-hybridized carbons (Fsp3) is 0.421. The Kier molecular flexibility index (Phi) is 5.78. The van der Waals surface area contributed by atoms with E-state index in [-0.39, 0.29) is 5.91 Å². The van der Waals surface area contributed by atoms with Crippen molar-refractivity contribution in [2.45, 2.75) is 26.4 Å². The van der Waals surface area contributed by atoms with E-state index < -0.39 is 5.82 Å². The highest BCUT2D eigenvalue weighted by atomic mass is 19.1. The molecule has 1 saturated heterocycles. The molecular weight excluding hydrogens is 333 g/mol. The molecule has 26 heavy (non-hydrogen) atoms. The van der Waals surface area contributed by atoms with E-state index >= 15 is 0 Å². The van der Waals surface area contributed by atoms with Crippen LogP contribution >= 0.6 is 0 Å². The van der Waals surface area contributed by atoms with Gasteiger partial charge in [-0.15, -0.1) is 6.58 Å². The minimum atomic E-state index is -0.487. The minimum Gasteiger partial charge on any atom is -0.337 e. The lowest BCUT2D eigenvalue weighted by Gasteiger charge is -2.22. The van der Waals surface area contributed by atoms with Gasteiger partial charge in [0, 0.05) is 50.2 Å². The monoisotopic (exact) mass is 357 g/mol. The zero-order chi connectivity index (χ0) is 18.5. The summed E-state index contributed by atoms with van der Waals surface area (Å²) in [5, 5.41) is 4.40. The quantitative estimate of drug-likeness (QED) is 0.771. The molecule has 1 aliphatic rings. The highest BCUT2D eigenvalue weighted by molar-refractivity contribution is 5.93. The summed E-state index contributed by atoms with van der Waals surface area (Å²) in [6.45, 7) is 10.3. The topological polar surface area (TPSA) is 54.3 Å². The zero-order valence-electron chi connectivity index (χ0n) is 15.1. The fourth-order valence-corrected chi connectivity index (χ4v) is 3.23. The molecule has 1 aliphatic heterocycles. The minimum absolute atomic E-state index is 0.158. The van der Waals surface area contributed by atoms with Gasteiger partial charge in [-0.3, -0.25) is 19.4 Å². The average Bonchev–Trinajstić information content (AvgIpc) is 2.84. The number of halogens is 1. The molecule has 2 aromatic heterocycles. The van der Waals surface area contributed by atoms with Gasteiger partial charge in [-0.25, -0.2) is 4.39 Å². The van der Waals surface area contributed by atoms with Crippen molar-refractivity contribution in [3.8, 4) is 0 Å². The Morgan fingerprint density at radius 2 is 2.12 bits per heavy atom. The summed E-state index contributed by atoms with van der Waals surface area (Å²) in [7, 11) is 0. The van der Waals surface area contributed by atoms with Crippen LogP contribution in [-0.2, 0) is 13.1 Å². The molecule has 0 bridgehead atoms. The number of hydrogen-bond acceptors (Lipinski definition) is 4. The zero-order valence-corrected chi connectivity index (χ0v) is 15.1. The predicted octanol–water partition coefficient (Wildman–Crippen LogP) is 2.26. The standard InChI is InChI=1S/C19H24FN5O/c1-3-5-25-15(2)17(12-22-25)14-23-6-4-7-24(9-8-23)19(26)16-10-18(20)13-21-11-16/h3,10-13H,1,4-9,14H2,2H3. The lowest BCUT2D eigenvalue weighted by molar-refractivity contribution is 0.0760. The number of rotatable bonds is 5. The van der Waals surface area contributed by atoms with Crippen molar-refractivity contribution in [3.63, 3.8) is 0 Å². The first-order chi connectivity index (χ1) is 12.6. The Balaban J connectivity index is 1.61. The van der Waals surface area contributed by atoms with Crippen LogP contribution in [-0.4, -0.2) is 56.7 Å². The van der Waals surface area contributed by atoms with E-state index in [1.807, 2.05) is 17.0 Å². The van der Waals surface area contributed by atoms with E-state index in [0.29, 0.717) is 25.2 Å². The molecule has 7 heteroatoms. The summed E-state index contributed by atoms with van der Waals surface area (Å²) in [5.74, 6) is -0.645. The Bertz CT molecular complexity index is 788. The molecule has 0 saturated carbocycles. The van der Waals surface area contributed by atoms with Crippen molar-refractivity contribution in [1.29, 1.82) is 0 Å². The number of nitrogens with zero attached hydrogens (tertiary/aromatic N) is 5. The number of pyridine rings is 1. The van der Waals surface area contributed by atoms with Crippen molar-refractivity contribution in [2.24, 2.45) is 0 Å². The average molecular weight is 357 g/mol. The van der Waals surface area contributed by atoms with Gasteiger partial charge in [0.1, 0.15) is 5.82 Å². The Morgan fingerprint density at radius 3 is 2.88 bits per heavy atom. The number of hydrogen-bond donors (Lipinski definition) is 0. The van der Waals surface area contributed by atoms with Crippen molar-refractivity contribution in [1.82, 2.24) is 24.6 Å². The predicted molar refractivity (Wildman–Crippen MR) is 97.2 cm³/mol. The normalized spacial score (nSPS) is 15.7. The SMILES string of the molecule is C=CCn1ncc(CN2CCCN(C(=O)c3cncc(F)c3)CC2)c1C. The second-order valence-electron chi connectivity index (χ2n) is 6.54. The molecule has 0 atom stereocenters. The molecule has 3 rings (SSSR count). The molecule has 0 aromatic carbocycles. The lowest BCUT2D eigenvalue weighted by atomic mass is 10.2. The van der Waals surface area contributed by atoms with Crippen molar-refractivity contribution < 1.29 is 9.18 Å². The molecule has 0 N–H and O–H groups in total. The second-order valence-corrected chi connectivity index (χ2v) is 6.54. The Hall–Kier alpha value is -2.54. The fourth-order valence-electron chi connectivity index (χ4n) is 3.23. The van der Waals surface area contributed by atoms with E-state index in [9.17, 15) is 9.18 Å². The van der Waals surface area contributed by atoms with Gasteiger partial charge in [-0.2, -0.15) is 5.10 Å². The van der Waals surface area contributed by atoms with Crippen LogP contribution in [0.3, 0.4) is 0 Å². The molecule has 0 aliphatic carbocycles. The van der Waals surface area contributed by atoms with E-state index in [0.717, 1.165) is 37.9 Å². The summed E-state index contributed by atoms with van der Waals surface area (Å²) in [5.41, 5.74) is 2.65. The van der Waals surface area contributed by atoms with Gasteiger partial charge in [0.05, 0.1) is 24.5 Å². The Labute approximate surface area is 152 Å². The summed E-state index contributed by atoms with van der Waals surface area (Å²) in [6.07, 6.45) is 7.15. The molecule has 138 valence electrons. The van der Waals surface area contributed by atoms with Crippen LogP contribution in [0.4, 0.5) is 4.39 Å². The molecule has 0 unspecified atom stereocenters. The maximum absolute atomic E-state index is 13.3. The van der Waals surface area contributed by atoms with Gasteiger partial charge in [0.15, 0.2) is 0 Å². The first-order valence-electron chi connectivity index (χ1n) is 8.83. The Morgan fingerprint density at radius 1 is 1.27 bits per heavy atom. The molecule has 1 amide bonds. The number of carbonyl (C=O) groups excluding carboxylic acids is 1. The van der Waals surface area contributed by atoms with Crippen LogP contribution in [0.2, 0.25) is 0 Å². The third-order valence-corrected chi connectivity index (χ3v) is 4.73. The van der Waals surface area contributed by atoms with Crippen LogP contribution in [0, 0.1) is 12.7 Å². The van der Waals surface area contributed by atoms with E-state index in [1.54, 1.807) is 4.90 Å². The van der Waals surface area contributed by atoms with Crippen molar-refractivity contribution >= 4 is 5.91 Å². The highest BCUT2D eigenvalue weighted by Crippen LogP contribution is 2.14. The van der Waals surface area contributed by atoms with Crippen LogP contribution < -0.4 is 0 Å². The van der Waals surface area contributed by atoms with Gasteiger partial charge < -0.3 is 4.90 Å². The molecule has 0 spiro atoms. The van der Waals surface area contributed by atoms with Crippen LogP contribution in [0.15, 0.2) is 37.3 Å². The largest absolute Gasteiger partial charge is 0.337 e. The van der Waals surface area contributed by atoms with E-state index in [4.69, 9.17) is 0 Å². The molecule has 1 fully saturated rings. The lowest BCUT2D eigenvalue weighted by Crippen LogP contribution is -2.35. The molecule has 0 radical (unpaired) electrons. The van der Waals surface area contributed by atoms with E-state index in [2.05, 4.69) is 28.5 Å². The third-order valence-electron chi connectivity index (χ3n) is 4.73.